The molecule has 1 N–H and O–H groups in total. The minimum absolute atomic E-state index is 0. The number of thioether (sulfide) groups is 1. The number of ether oxygens (including phenoxy) is 1. The van der Waals surface area contributed by atoms with Gasteiger partial charge >= 0.3 is 0 Å². The fraction of sp³-hybridized carbons (Fsp3) is 0.357. The first-order chi connectivity index (χ1) is 17.1. The van der Waals surface area contributed by atoms with Crippen LogP contribution in [0.15, 0.2) is 64.4 Å². The summed E-state index contributed by atoms with van der Waals surface area (Å²) in [5, 5.41) is 12.9. The van der Waals surface area contributed by atoms with E-state index in [0.29, 0.717) is 31.7 Å². The van der Waals surface area contributed by atoms with Gasteiger partial charge in [-0.15, -0.1) is 11.8 Å². The van der Waals surface area contributed by atoms with Gasteiger partial charge in [0.05, 0.1) is 6.61 Å². The van der Waals surface area contributed by atoms with E-state index in [1.54, 1.807) is 27.5 Å². The second kappa shape index (κ2) is 8.62. The molecular weight excluding hydrogens is 474 g/mol. The summed E-state index contributed by atoms with van der Waals surface area (Å²) in [7, 11) is 0. The predicted molar refractivity (Wildman–Crippen MR) is 139 cm³/mol. The number of pyridine rings is 1. The Morgan fingerprint density at radius 3 is 2.78 bits per heavy atom. The molecule has 1 fully saturated rings. The number of amides is 1. The van der Waals surface area contributed by atoms with Crippen LogP contribution in [-0.2, 0) is 5.75 Å². The molecule has 8 heteroatoms. The number of aromatic hydroxyl groups is 1. The van der Waals surface area contributed by atoms with Crippen LogP contribution in [0.25, 0.3) is 0 Å². The van der Waals surface area contributed by atoms with E-state index >= 15 is 0 Å². The normalized spacial score (nSPS) is 23.8. The monoisotopic (exact) mass is 503 g/mol. The summed E-state index contributed by atoms with van der Waals surface area (Å²) in [6.07, 6.45) is 3.60. The molecule has 4 heterocycles. The van der Waals surface area contributed by atoms with Crippen molar-refractivity contribution in [3.63, 3.8) is 0 Å². The highest BCUT2D eigenvalue weighted by Crippen LogP contribution is 2.48. The van der Waals surface area contributed by atoms with Gasteiger partial charge in [-0.25, -0.2) is 0 Å². The fourth-order valence-electron chi connectivity index (χ4n) is 5.76. The summed E-state index contributed by atoms with van der Waals surface area (Å²) >= 11 is 1.80. The van der Waals surface area contributed by atoms with Crippen LogP contribution in [0.4, 0.5) is 0 Å². The van der Waals surface area contributed by atoms with Gasteiger partial charge in [-0.3, -0.25) is 19.3 Å². The van der Waals surface area contributed by atoms with Gasteiger partial charge in [0.15, 0.2) is 11.4 Å². The first kappa shape index (κ1) is 23.0. The van der Waals surface area contributed by atoms with E-state index < -0.39 is 11.2 Å². The molecule has 0 spiro atoms. The van der Waals surface area contributed by atoms with Crippen LogP contribution < -0.4 is 15.2 Å². The lowest BCUT2D eigenvalue weighted by molar-refractivity contribution is 0.0671. The van der Waals surface area contributed by atoms with E-state index in [1.807, 2.05) is 18.2 Å². The Bertz CT molecular complexity index is 1420. The highest BCUT2D eigenvalue weighted by Gasteiger charge is 2.43. The van der Waals surface area contributed by atoms with Gasteiger partial charge in [0.2, 0.25) is 5.43 Å². The number of carbonyl (C=O) groups excluding carboxylic acids is 1. The van der Waals surface area contributed by atoms with Crippen LogP contribution in [0.3, 0.4) is 0 Å². The molecule has 1 aliphatic carbocycles. The van der Waals surface area contributed by atoms with Gasteiger partial charge in [0.1, 0.15) is 18.5 Å². The lowest BCUT2D eigenvalue weighted by Crippen LogP contribution is -2.55. The van der Waals surface area contributed by atoms with Gasteiger partial charge in [-0.05, 0) is 47.9 Å². The number of hydrogen-bond acceptors (Lipinski definition) is 6. The predicted octanol–water partition coefficient (Wildman–Crippen LogP) is 4.36. The molecule has 4 aliphatic rings. The van der Waals surface area contributed by atoms with Crippen molar-refractivity contribution in [2.24, 2.45) is 11.8 Å². The molecule has 186 valence electrons. The number of fused-ring (bicyclic) bond motifs is 8. The van der Waals surface area contributed by atoms with Gasteiger partial charge in [0, 0.05) is 35.0 Å². The molecular formula is C28H29N3O4S. The Morgan fingerprint density at radius 1 is 1.03 bits per heavy atom. The van der Waals surface area contributed by atoms with E-state index in [2.05, 4.69) is 29.3 Å². The lowest BCUT2D eigenvalue weighted by Gasteiger charge is -2.44. The minimum Gasteiger partial charge on any atom is -0.502 e. The molecule has 7 nitrogen and oxygen atoms in total. The van der Waals surface area contributed by atoms with Crippen LogP contribution in [0.5, 0.6) is 11.5 Å². The molecule has 1 saturated carbocycles. The van der Waals surface area contributed by atoms with Crippen molar-refractivity contribution in [3.05, 3.63) is 87.3 Å². The van der Waals surface area contributed by atoms with E-state index in [4.69, 9.17) is 4.74 Å². The molecule has 7 rings (SSSR count). The smallest absolute Gasteiger partial charge is 0.277 e. The first-order valence-electron chi connectivity index (χ1n) is 12.1. The van der Waals surface area contributed by atoms with E-state index in [9.17, 15) is 14.7 Å². The SMILES string of the molecule is C.O=C1c2c(O)c(=O)ccn2N2CN1CC[C@@H]1C[C@@H]1COc1cccc3c1[C@H]2c1ccccc1SC3. The average Bonchev–Trinajstić information content (AvgIpc) is 3.65. The number of benzene rings is 2. The molecule has 1 amide bonds. The maximum Gasteiger partial charge on any atom is 0.277 e. The molecule has 0 saturated heterocycles. The topological polar surface area (TPSA) is 75.0 Å². The second-order valence-corrected chi connectivity index (χ2v) is 10.8. The summed E-state index contributed by atoms with van der Waals surface area (Å²) in [6, 6.07) is 15.7. The summed E-state index contributed by atoms with van der Waals surface area (Å²) in [4.78, 5) is 28.9. The van der Waals surface area contributed by atoms with E-state index in [-0.39, 0.29) is 25.1 Å². The molecule has 2 aromatic carbocycles. The number of hydrogen-bond donors (Lipinski definition) is 1. The van der Waals surface area contributed by atoms with Crippen molar-refractivity contribution in [1.82, 2.24) is 9.58 Å². The largest absolute Gasteiger partial charge is 0.502 e. The molecule has 1 aromatic heterocycles. The third kappa shape index (κ3) is 3.50. The van der Waals surface area contributed by atoms with E-state index in [0.717, 1.165) is 35.5 Å². The van der Waals surface area contributed by atoms with Crippen LogP contribution in [-0.4, -0.2) is 40.4 Å². The Kier molecular flexibility index (Phi) is 5.52. The van der Waals surface area contributed by atoms with Crippen molar-refractivity contribution in [1.29, 1.82) is 0 Å². The molecule has 0 radical (unpaired) electrons. The Morgan fingerprint density at radius 2 is 1.89 bits per heavy atom. The average molecular weight is 504 g/mol. The second-order valence-electron chi connectivity index (χ2n) is 9.78. The van der Waals surface area contributed by atoms with Crippen LogP contribution in [0.1, 0.15) is 53.5 Å². The van der Waals surface area contributed by atoms with Crippen molar-refractivity contribution < 1.29 is 14.6 Å². The number of nitrogens with zero attached hydrogens (tertiary/aromatic N) is 3. The Balaban J connectivity index is 0.00000240. The quantitative estimate of drug-likeness (QED) is 0.492. The van der Waals surface area contributed by atoms with Crippen molar-refractivity contribution >= 4 is 17.7 Å². The molecule has 2 bridgehead atoms. The number of rotatable bonds is 0. The van der Waals surface area contributed by atoms with Crippen molar-refractivity contribution in [2.45, 2.75) is 37.0 Å². The Hall–Kier alpha value is -3.39. The van der Waals surface area contributed by atoms with Gasteiger partial charge < -0.3 is 14.7 Å². The number of aromatic nitrogens is 1. The zero-order valence-electron chi connectivity index (χ0n) is 19.1. The summed E-state index contributed by atoms with van der Waals surface area (Å²) in [6.45, 7) is 1.61. The third-order valence-electron chi connectivity index (χ3n) is 7.75. The molecule has 36 heavy (non-hydrogen) atoms. The zero-order chi connectivity index (χ0) is 23.7. The third-order valence-corrected chi connectivity index (χ3v) is 8.89. The van der Waals surface area contributed by atoms with Gasteiger partial charge in [-0.2, -0.15) is 0 Å². The standard InChI is InChI=1S/C27H25N3O4S.CH4/c31-20-9-11-29-25(26(20)32)27(33)28-10-8-16-12-18(16)13-34-21-6-3-4-17-14-35-22-7-2-1-5-19(22)24(23(17)21)30(29)15-28;/h1-7,9,11,16,18,24,32H,8,10,12-15H2;1H4/t16-,18-,24-;/m1./s1. The number of carbonyl (C=O) groups is 1. The zero-order valence-corrected chi connectivity index (χ0v) is 19.9. The van der Waals surface area contributed by atoms with Crippen molar-refractivity contribution in [2.75, 3.05) is 24.8 Å². The lowest BCUT2D eigenvalue weighted by atomic mass is 9.93. The Labute approximate surface area is 214 Å². The van der Waals surface area contributed by atoms with Crippen molar-refractivity contribution in [3.8, 4) is 11.5 Å². The molecule has 3 aromatic rings. The van der Waals surface area contributed by atoms with Crippen LogP contribution >= 0.6 is 11.8 Å². The highest BCUT2D eigenvalue weighted by atomic mass is 32.2. The molecule has 3 atom stereocenters. The van der Waals surface area contributed by atoms with Gasteiger partial charge in [-0.1, -0.05) is 37.8 Å². The maximum atomic E-state index is 13.5. The highest BCUT2D eigenvalue weighted by molar-refractivity contribution is 7.98. The summed E-state index contributed by atoms with van der Waals surface area (Å²) in [5.41, 5.74) is 2.88. The van der Waals surface area contributed by atoms with Gasteiger partial charge in [0.25, 0.3) is 5.91 Å². The summed E-state index contributed by atoms with van der Waals surface area (Å²) in [5.74, 6) is 1.90. The van der Waals surface area contributed by atoms with E-state index in [1.165, 1.54) is 16.5 Å². The maximum absolute atomic E-state index is 13.5. The van der Waals surface area contributed by atoms with Crippen LogP contribution in [0.2, 0.25) is 0 Å². The fourth-order valence-corrected chi connectivity index (χ4v) is 6.85. The molecule has 3 aliphatic heterocycles. The molecule has 0 unspecified atom stereocenters. The first-order valence-corrected chi connectivity index (χ1v) is 13.1. The summed E-state index contributed by atoms with van der Waals surface area (Å²) < 4.78 is 8.18. The minimum atomic E-state index is -0.545. The van der Waals surface area contributed by atoms with Crippen LogP contribution in [0, 0.1) is 11.8 Å².